The molecule has 0 saturated carbocycles. The third-order valence-electron chi connectivity index (χ3n) is 1.93. The van der Waals surface area contributed by atoms with E-state index in [0.717, 1.165) is 17.9 Å². The average molecular weight is 275 g/mol. The van der Waals surface area contributed by atoms with Crippen LogP contribution in [0, 0.1) is 0 Å². The van der Waals surface area contributed by atoms with Gasteiger partial charge in [-0.2, -0.15) is 11.8 Å². The highest BCUT2D eigenvalue weighted by Crippen LogP contribution is 2.05. The van der Waals surface area contributed by atoms with Gasteiger partial charge in [-0.3, -0.25) is 4.79 Å². The summed E-state index contributed by atoms with van der Waals surface area (Å²) in [4.78, 5) is 15.5. The number of rotatable bonds is 7. The average Bonchev–Trinajstić information content (AvgIpc) is 2.33. The van der Waals surface area contributed by atoms with Crippen molar-refractivity contribution in [1.82, 2.24) is 10.3 Å². The zero-order valence-corrected chi connectivity index (χ0v) is 10.9. The van der Waals surface area contributed by atoms with Gasteiger partial charge in [0.1, 0.15) is 10.8 Å². The van der Waals surface area contributed by atoms with Gasteiger partial charge in [-0.15, -0.1) is 0 Å². The van der Waals surface area contributed by atoms with E-state index in [2.05, 4.69) is 10.3 Å². The van der Waals surface area contributed by atoms with Crippen LogP contribution in [-0.2, 0) is 0 Å². The van der Waals surface area contributed by atoms with Crippen molar-refractivity contribution in [2.75, 3.05) is 24.7 Å². The molecule has 0 aromatic carbocycles. The van der Waals surface area contributed by atoms with Gasteiger partial charge in [0.25, 0.3) is 5.91 Å². The smallest absolute Gasteiger partial charge is 0.269 e. The number of aliphatic hydroxyl groups is 1. The van der Waals surface area contributed by atoms with Crippen LogP contribution in [0.2, 0.25) is 5.15 Å². The fourth-order valence-electron chi connectivity index (χ4n) is 1.13. The van der Waals surface area contributed by atoms with Gasteiger partial charge in [-0.1, -0.05) is 17.7 Å². The zero-order valence-electron chi connectivity index (χ0n) is 9.36. The normalized spacial score (nSPS) is 10.2. The molecule has 1 rings (SSSR count). The van der Waals surface area contributed by atoms with Crippen molar-refractivity contribution < 1.29 is 9.90 Å². The number of nitrogens with one attached hydrogen (secondary N) is 1. The highest BCUT2D eigenvalue weighted by Gasteiger charge is 2.06. The molecule has 0 unspecified atom stereocenters. The summed E-state index contributed by atoms with van der Waals surface area (Å²) in [6.07, 6.45) is 0.786. The van der Waals surface area contributed by atoms with Crippen LogP contribution in [0.4, 0.5) is 0 Å². The Morgan fingerprint density at radius 3 is 3.00 bits per heavy atom. The summed E-state index contributed by atoms with van der Waals surface area (Å²) in [5.41, 5.74) is 0.331. The highest BCUT2D eigenvalue weighted by molar-refractivity contribution is 7.99. The SMILES string of the molecule is O=C(NCCSCCCO)c1cccc(Cl)n1. The Hall–Kier alpha value is -0.780. The summed E-state index contributed by atoms with van der Waals surface area (Å²) in [5, 5.41) is 11.7. The molecule has 1 heterocycles. The van der Waals surface area contributed by atoms with Gasteiger partial charge in [0.05, 0.1) is 0 Å². The van der Waals surface area contributed by atoms with E-state index in [1.54, 1.807) is 30.0 Å². The van der Waals surface area contributed by atoms with E-state index in [0.29, 0.717) is 17.4 Å². The second kappa shape index (κ2) is 8.33. The van der Waals surface area contributed by atoms with Gasteiger partial charge in [-0.05, 0) is 24.3 Å². The fourth-order valence-corrected chi connectivity index (χ4v) is 2.08. The lowest BCUT2D eigenvalue weighted by Gasteiger charge is -2.04. The van der Waals surface area contributed by atoms with Crippen molar-refractivity contribution >= 4 is 29.3 Å². The number of aliphatic hydroxyl groups excluding tert-OH is 1. The molecule has 94 valence electrons. The number of pyridine rings is 1. The maximum Gasteiger partial charge on any atom is 0.269 e. The first kappa shape index (κ1) is 14.3. The van der Waals surface area contributed by atoms with Crippen molar-refractivity contribution in [3.8, 4) is 0 Å². The standard InChI is InChI=1S/C11H15ClN2O2S/c12-10-4-1-3-9(14-10)11(16)13-5-8-17-7-2-6-15/h1,3-4,15H,2,5-8H2,(H,13,16). The molecular weight excluding hydrogens is 260 g/mol. The summed E-state index contributed by atoms with van der Waals surface area (Å²) < 4.78 is 0. The number of nitrogens with zero attached hydrogens (tertiary/aromatic N) is 1. The van der Waals surface area contributed by atoms with Crippen LogP contribution >= 0.6 is 23.4 Å². The molecule has 17 heavy (non-hydrogen) atoms. The third kappa shape index (κ3) is 5.91. The van der Waals surface area contributed by atoms with Crippen LogP contribution in [0.1, 0.15) is 16.9 Å². The number of aromatic nitrogens is 1. The van der Waals surface area contributed by atoms with Crippen molar-refractivity contribution in [2.24, 2.45) is 0 Å². The van der Waals surface area contributed by atoms with E-state index in [9.17, 15) is 4.79 Å². The van der Waals surface area contributed by atoms with E-state index >= 15 is 0 Å². The van der Waals surface area contributed by atoms with Gasteiger partial charge in [-0.25, -0.2) is 4.98 Å². The molecule has 0 bridgehead atoms. The first-order valence-electron chi connectivity index (χ1n) is 5.33. The van der Waals surface area contributed by atoms with E-state index in [-0.39, 0.29) is 12.5 Å². The Bertz CT molecular complexity index is 363. The summed E-state index contributed by atoms with van der Waals surface area (Å²) >= 11 is 7.39. The van der Waals surface area contributed by atoms with Crippen molar-refractivity contribution in [3.63, 3.8) is 0 Å². The predicted molar refractivity (Wildman–Crippen MR) is 70.6 cm³/mol. The maximum atomic E-state index is 11.6. The molecule has 2 N–H and O–H groups in total. The Morgan fingerprint density at radius 2 is 2.29 bits per heavy atom. The molecule has 0 aliphatic carbocycles. The minimum Gasteiger partial charge on any atom is -0.396 e. The fraction of sp³-hybridized carbons (Fsp3) is 0.455. The van der Waals surface area contributed by atoms with Crippen LogP contribution in [0.25, 0.3) is 0 Å². The minimum atomic E-state index is -0.213. The van der Waals surface area contributed by atoms with Crippen molar-refractivity contribution in [2.45, 2.75) is 6.42 Å². The lowest BCUT2D eigenvalue weighted by atomic mass is 10.3. The number of amides is 1. The van der Waals surface area contributed by atoms with E-state index < -0.39 is 0 Å². The number of hydrogen-bond acceptors (Lipinski definition) is 4. The van der Waals surface area contributed by atoms with Crippen LogP contribution in [0.15, 0.2) is 18.2 Å². The first-order chi connectivity index (χ1) is 8.24. The zero-order chi connectivity index (χ0) is 12.5. The monoisotopic (exact) mass is 274 g/mol. The quantitative estimate of drug-likeness (QED) is 0.585. The second-order valence-corrected chi connectivity index (χ2v) is 4.90. The number of halogens is 1. The minimum absolute atomic E-state index is 0.213. The molecule has 1 aromatic heterocycles. The molecule has 0 atom stereocenters. The largest absolute Gasteiger partial charge is 0.396 e. The number of carbonyl (C=O) groups is 1. The van der Waals surface area contributed by atoms with Gasteiger partial charge >= 0.3 is 0 Å². The molecule has 0 aliphatic heterocycles. The Balaban J connectivity index is 2.21. The molecule has 0 radical (unpaired) electrons. The lowest BCUT2D eigenvalue weighted by molar-refractivity contribution is 0.0951. The molecule has 6 heteroatoms. The van der Waals surface area contributed by atoms with E-state index in [1.807, 2.05) is 0 Å². The molecule has 0 aliphatic rings. The third-order valence-corrected chi connectivity index (χ3v) is 3.21. The Kier molecular flexibility index (Phi) is 7.00. The van der Waals surface area contributed by atoms with Crippen LogP contribution in [0.5, 0.6) is 0 Å². The number of hydrogen-bond donors (Lipinski definition) is 2. The summed E-state index contributed by atoms with van der Waals surface area (Å²) in [6, 6.07) is 4.95. The van der Waals surface area contributed by atoms with Crippen molar-refractivity contribution in [3.05, 3.63) is 29.0 Å². The second-order valence-electron chi connectivity index (χ2n) is 3.29. The first-order valence-corrected chi connectivity index (χ1v) is 6.86. The molecular formula is C11H15ClN2O2S. The topological polar surface area (TPSA) is 62.2 Å². The Labute approximate surface area is 110 Å². The molecule has 1 aromatic rings. The van der Waals surface area contributed by atoms with Crippen LogP contribution in [0.3, 0.4) is 0 Å². The number of carbonyl (C=O) groups excluding carboxylic acids is 1. The van der Waals surface area contributed by atoms with E-state index in [4.69, 9.17) is 16.7 Å². The molecule has 0 fully saturated rings. The molecule has 0 saturated heterocycles. The molecule has 4 nitrogen and oxygen atoms in total. The van der Waals surface area contributed by atoms with Gasteiger partial charge in [0.2, 0.25) is 0 Å². The van der Waals surface area contributed by atoms with Crippen molar-refractivity contribution in [1.29, 1.82) is 0 Å². The lowest BCUT2D eigenvalue weighted by Crippen LogP contribution is -2.26. The molecule has 1 amide bonds. The Morgan fingerprint density at radius 1 is 1.47 bits per heavy atom. The predicted octanol–water partition coefficient (Wildman–Crippen LogP) is 1.58. The van der Waals surface area contributed by atoms with Crippen LogP contribution < -0.4 is 5.32 Å². The summed E-state index contributed by atoms with van der Waals surface area (Å²) in [5.74, 6) is 1.52. The highest BCUT2D eigenvalue weighted by atomic mass is 35.5. The number of thioether (sulfide) groups is 1. The van der Waals surface area contributed by atoms with Gasteiger partial charge in [0, 0.05) is 18.9 Å². The van der Waals surface area contributed by atoms with Crippen LogP contribution in [-0.4, -0.2) is 40.7 Å². The van der Waals surface area contributed by atoms with Gasteiger partial charge < -0.3 is 10.4 Å². The summed E-state index contributed by atoms with van der Waals surface area (Å²) in [6.45, 7) is 0.801. The van der Waals surface area contributed by atoms with E-state index in [1.165, 1.54) is 0 Å². The van der Waals surface area contributed by atoms with Gasteiger partial charge in [0.15, 0.2) is 0 Å². The maximum absolute atomic E-state index is 11.6. The molecule has 0 spiro atoms. The summed E-state index contributed by atoms with van der Waals surface area (Å²) in [7, 11) is 0.